The molecule has 8 heteroatoms. The van der Waals surface area contributed by atoms with E-state index in [0.29, 0.717) is 35.8 Å². The largest absolute Gasteiger partial charge is 0.496 e. The quantitative estimate of drug-likeness (QED) is 0.674. The van der Waals surface area contributed by atoms with Gasteiger partial charge in [-0.2, -0.15) is 0 Å². The van der Waals surface area contributed by atoms with Gasteiger partial charge in [-0.3, -0.25) is 4.79 Å². The summed E-state index contributed by atoms with van der Waals surface area (Å²) in [5.74, 6) is 1.15. The molecule has 0 amide bonds. The van der Waals surface area contributed by atoms with Crippen LogP contribution in [0.1, 0.15) is 35.9 Å². The highest BCUT2D eigenvalue weighted by molar-refractivity contribution is 6.01. The SMILES string of the molecule is COc1ccccc1C1Nc2nonc2NC2=C1C(=O)CC(c1ccc(F)cc1)C2. The standard InChI is InChI=1S/C22H19FN4O3/c1-29-18-5-3-2-4-15(18)20-19-16(24-21-22(25-20)27-30-26-21)10-13(11-17(19)28)12-6-8-14(23)9-7-12/h2-9,13,20H,10-11H2,1H3,(H,24,26)(H,25,27). The van der Waals surface area contributed by atoms with E-state index in [1.54, 1.807) is 19.2 Å². The Kier molecular flexibility index (Phi) is 4.46. The highest BCUT2D eigenvalue weighted by atomic mass is 19.1. The number of nitrogens with zero attached hydrogens (tertiary/aromatic N) is 2. The van der Waals surface area contributed by atoms with Gasteiger partial charge in [0.1, 0.15) is 11.6 Å². The molecule has 2 aliphatic rings. The van der Waals surface area contributed by atoms with Gasteiger partial charge >= 0.3 is 0 Å². The minimum atomic E-state index is -0.474. The van der Waals surface area contributed by atoms with Crippen molar-refractivity contribution >= 4 is 17.4 Å². The molecule has 1 aliphatic carbocycles. The van der Waals surface area contributed by atoms with Crippen LogP contribution in [0.2, 0.25) is 0 Å². The van der Waals surface area contributed by atoms with Gasteiger partial charge in [0.15, 0.2) is 5.78 Å². The molecule has 0 radical (unpaired) electrons. The van der Waals surface area contributed by atoms with Crippen LogP contribution in [-0.2, 0) is 4.79 Å². The first-order valence-corrected chi connectivity index (χ1v) is 9.64. The minimum absolute atomic E-state index is 0.00331. The Morgan fingerprint density at radius 2 is 1.83 bits per heavy atom. The Bertz CT molecular complexity index is 1140. The number of halogens is 1. The van der Waals surface area contributed by atoms with Crippen molar-refractivity contribution in [1.82, 2.24) is 10.3 Å². The van der Waals surface area contributed by atoms with E-state index in [4.69, 9.17) is 9.37 Å². The predicted molar refractivity (Wildman–Crippen MR) is 108 cm³/mol. The molecule has 2 aromatic carbocycles. The summed E-state index contributed by atoms with van der Waals surface area (Å²) in [6.07, 6.45) is 0.904. The molecule has 0 fully saturated rings. The van der Waals surface area contributed by atoms with Gasteiger partial charge < -0.3 is 15.4 Å². The smallest absolute Gasteiger partial charge is 0.219 e. The molecule has 3 aromatic rings. The Morgan fingerprint density at radius 3 is 2.63 bits per heavy atom. The molecule has 0 saturated carbocycles. The molecule has 5 rings (SSSR count). The highest BCUT2D eigenvalue weighted by Gasteiger charge is 2.38. The third-order valence-electron chi connectivity index (χ3n) is 5.63. The van der Waals surface area contributed by atoms with E-state index in [9.17, 15) is 9.18 Å². The number of aromatic nitrogens is 2. The number of ketones is 1. The number of Topliss-reactive ketones (excluding diaryl/α,β-unsaturated/α-hetero) is 1. The van der Waals surface area contributed by atoms with Crippen LogP contribution in [0, 0.1) is 5.82 Å². The number of benzene rings is 2. The van der Waals surface area contributed by atoms with Crippen LogP contribution in [0.3, 0.4) is 0 Å². The number of methoxy groups -OCH3 is 1. The van der Waals surface area contributed by atoms with E-state index in [2.05, 4.69) is 20.9 Å². The molecule has 0 spiro atoms. The lowest BCUT2D eigenvalue weighted by Gasteiger charge is -2.30. The van der Waals surface area contributed by atoms with Crippen LogP contribution in [0.15, 0.2) is 64.4 Å². The summed E-state index contributed by atoms with van der Waals surface area (Å²) in [6, 6.07) is 13.4. The van der Waals surface area contributed by atoms with E-state index in [-0.39, 0.29) is 17.5 Å². The average Bonchev–Trinajstić information content (AvgIpc) is 3.13. The number of hydrogen-bond acceptors (Lipinski definition) is 7. The van der Waals surface area contributed by atoms with Crippen molar-refractivity contribution in [2.45, 2.75) is 24.8 Å². The van der Waals surface area contributed by atoms with Crippen molar-refractivity contribution in [1.29, 1.82) is 0 Å². The predicted octanol–water partition coefficient (Wildman–Crippen LogP) is 4.20. The summed E-state index contributed by atoms with van der Waals surface area (Å²) >= 11 is 0. The molecule has 2 atom stereocenters. The van der Waals surface area contributed by atoms with Crippen LogP contribution in [0.5, 0.6) is 5.75 Å². The maximum atomic E-state index is 13.4. The van der Waals surface area contributed by atoms with Crippen molar-refractivity contribution in [2.75, 3.05) is 17.7 Å². The number of carbonyl (C=O) groups is 1. The summed E-state index contributed by atoms with van der Waals surface area (Å²) in [6.45, 7) is 0. The lowest BCUT2D eigenvalue weighted by Crippen LogP contribution is -2.27. The molecule has 30 heavy (non-hydrogen) atoms. The second-order valence-electron chi connectivity index (χ2n) is 7.38. The van der Waals surface area contributed by atoms with Gasteiger partial charge in [0.2, 0.25) is 11.6 Å². The van der Waals surface area contributed by atoms with Gasteiger partial charge in [-0.1, -0.05) is 30.3 Å². The number of allylic oxidation sites excluding steroid dienone is 1. The molecule has 1 aliphatic heterocycles. The van der Waals surface area contributed by atoms with Gasteiger partial charge in [0.05, 0.1) is 13.2 Å². The number of carbonyl (C=O) groups excluding carboxylic acids is 1. The zero-order valence-electron chi connectivity index (χ0n) is 16.2. The molecular formula is C22H19FN4O3. The second-order valence-corrected chi connectivity index (χ2v) is 7.38. The Balaban J connectivity index is 1.61. The molecule has 7 nitrogen and oxygen atoms in total. The Morgan fingerprint density at radius 1 is 1.07 bits per heavy atom. The zero-order chi connectivity index (χ0) is 20.7. The monoisotopic (exact) mass is 406 g/mol. The van der Waals surface area contributed by atoms with Crippen molar-refractivity contribution in [3.63, 3.8) is 0 Å². The number of nitrogens with one attached hydrogen (secondary N) is 2. The molecule has 152 valence electrons. The average molecular weight is 406 g/mol. The third kappa shape index (κ3) is 3.10. The van der Waals surface area contributed by atoms with Crippen LogP contribution in [0.4, 0.5) is 16.0 Å². The van der Waals surface area contributed by atoms with Crippen molar-refractivity contribution in [2.24, 2.45) is 0 Å². The summed E-state index contributed by atoms with van der Waals surface area (Å²) in [7, 11) is 1.60. The van der Waals surface area contributed by atoms with E-state index in [1.165, 1.54) is 12.1 Å². The minimum Gasteiger partial charge on any atom is -0.496 e. The number of hydrogen-bond donors (Lipinski definition) is 2. The number of fused-ring (bicyclic) bond motifs is 1. The van der Waals surface area contributed by atoms with Gasteiger partial charge in [-0.25, -0.2) is 9.02 Å². The highest BCUT2D eigenvalue weighted by Crippen LogP contribution is 2.44. The maximum absolute atomic E-state index is 13.4. The molecule has 2 heterocycles. The fourth-order valence-corrected chi connectivity index (χ4v) is 4.21. The van der Waals surface area contributed by atoms with E-state index in [1.807, 2.05) is 24.3 Å². The summed E-state index contributed by atoms with van der Waals surface area (Å²) in [5, 5.41) is 14.4. The lowest BCUT2D eigenvalue weighted by atomic mass is 9.78. The molecule has 0 bridgehead atoms. The topological polar surface area (TPSA) is 89.3 Å². The van der Waals surface area contributed by atoms with Crippen LogP contribution < -0.4 is 15.4 Å². The molecular weight excluding hydrogens is 387 g/mol. The van der Waals surface area contributed by atoms with Crippen LogP contribution in [0.25, 0.3) is 0 Å². The Labute approximate surface area is 171 Å². The van der Waals surface area contributed by atoms with Gasteiger partial charge in [-0.05, 0) is 46.4 Å². The second kappa shape index (κ2) is 7.29. The summed E-state index contributed by atoms with van der Waals surface area (Å²) in [5.41, 5.74) is 3.11. The molecule has 0 saturated heterocycles. The Hall–Kier alpha value is -3.68. The molecule has 1 aromatic heterocycles. The van der Waals surface area contributed by atoms with Crippen LogP contribution in [-0.4, -0.2) is 23.2 Å². The number of rotatable bonds is 3. The third-order valence-corrected chi connectivity index (χ3v) is 5.63. The number of para-hydroxylation sites is 1. The van der Waals surface area contributed by atoms with E-state index < -0.39 is 6.04 Å². The fraction of sp³-hybridized carbons (Fsp3) is 0.227. The zero-order valence-corrected chi connectivity index (χ0v) is 16.2. The lowest BCUT2D eigenvalue weighted by molar-refractivity contribution is -0.116. The first kappa shape index (κ1) is 18.4. The van der Waals surface area contributed by atoms with Crippen LogP contribution >= 0.6 is 0 Å². The van der Waals surface area contributed by atoms with Crippen molar-refractivity contribution < 1.29 is 18.6 Å². The number of anilines is 2. The molecule has 2 unspecified atom stereocenters. The summed E-state index contributed by atoms with van der Waals surface area (Å²) < 4.78 is 23.8. The van der Waals surface area contributed by atoms with Crippen molar-refractivity contribution in [3.05, 3.63) is 76.7 Å². The van der Waals surface area contributed by atoms with Gasteiger partial charge in [0, 0.05) is 23.3 Å². The van der Waals surface area contributed by atoms with Crippen molar-refractivity contribution in [3.8, 4) is 5.75 Å². The fourth-order valence-electron chi connectivity index (χ4n) is 4.21. The van der Waals surface area contributed by atoms with E-state index in [0.717, 1.165) is 16.8 Å². The number of ether oxygens (including phenoxy) is 1. The maximum Gasteiger partial charge on any atom is 0.219 e. The van der Waals surface area contributed by atoms with Gasteiger partial charge in [-0.15, -0.1) is 0 Å². The first-order valence-electron chi connectivity index (χ1n) is 9.64. The summed E-state index contributed by atoms with van der Waals surface area (Å²) in [4.78, 5) is 13.4. The normalized spacial score (nSPS) is 20.5. The molecule has 2 N–H and O–H groups in total. The van der Waals surface area contributed by atoms with Gasteiger partial charge in [0.25, 0.3) is 0 Å². The van der Waals surface area contributed by atoms with E-state index >= 15 is 0 Å². The first-order chi connectivity index (χ1) is 14.6.